The highest BCUT2D eigenvalue weighted by Gasteiger charge is 2.42. The molecular formula is C25H28O4. The zero-order valence-electron chi connectivity index (χ0n) is 16.9. The third-order valence-electron chi connectivity index (χ3n) is 6.06. The van der Waals surface area contributed by atoms with Crippen LogP contribution in [0.3, 0.4) is 0 Å². The molecule has 29 heavy (non-hydrogen) atoms. The Hall–Kier alpha value is -2.75. The summed E-state index contributed by atoms with van der Waals surface area (Å²) in [6, 6.07) is 17.8. The van der Waals surface area contributed by atoms with Gasteiger partial charge in [-0.2, -0.15) is 0 Å². The molecule has 2 aromatic carbocycles. The lowest BCUT2D eigenvalue weighted by Crippen LogP contribution is -2.33. The van der Waals surface area contributed by atoms with Gasteiger partial charge in [0.1, 0.15) is 11.6 Å². The van der Waals surface area contributed by atoms with Crippen molar-refractivity contribution in [3.8, 4) is 11.1 Å². The highest BCUT2D eigenvalue weighted by atomic mass is 16.4. The van der Waals surface area contributed by atoms with Crippen molar-refractivity contribution >= 4 is 17.5 Å². The second-order valence-corrected chi connectivity index (χ2v) is 8.30. The highest BCUT2D eigenvalue weighted by molar-refractivity contribution is 5.92. The maximum atomic E-state index is 13.0. The van der Waals surface area contributed by atoms with Gasteiger partial charge in [0.2, 0.25) is 0 Å². The Kier molecular flexibility index (Phi) is 6.63. The smallest absolute Gasteiger partial charge is 0.307 e. The molecule has 1 atom stereocenters. The van der Waals surface area contributed by atoms with E-state index in [9.17, 15) is 19.5 Å². The van der Waals surface area contributed by atoms with E-state index in [0.29, 0.717) is 19.3 Å². The van der Waals surface area contributed by atoms with Crippen LogP contribution in [0.25, 0.3) is 11.1 Å². The molecule has 1 aliphatic carbocycles. The molecule has 3 rings (SSSR count). The second kappa shape index (κ2) is 9.17. The number of hydrogen-bond donors (Lipinski definition) is 1. The number of hydrogen-bond acceptors (Lipinski definition) is 3. The van der Waals surface area contributed by atoms with Crippen molar-refractivity contribution < 1.29 is 19.5 Å². The Morgan fingerprint density at radius 1 is 0.931 bits per heavy atom. The standard InChI is InChI=1S/C25H28O4/c1-18(26)17-25(13-5-6-14-25)23(27)16-22(24(28)29)15-19-9-11-21(12-10-19)20-7-3-2-4-8-20/h2-4,7-12,22H,5-6,13-17H2,1H3,(H,28,29)/t22-/m1/s1. The number of carbonyl (C=O) groups is 3. The van der Waals surface area contributed by atoms with Crippen LogP contribution in [-0.4, -0.2) is 22.6 Å². The summed E-state index contributed by atoms with van der Waals surface area (Å²) in [6.45, 7) is 1.51. The first-order chi connectivity index (χ1) is 13.9. The van der Waals surface area contributed by atoms with E-state index in [1.54, 1.807) is 0 Å². The first-order valence-electron chi connectivity index (χ1n) is 10.3. The maximum Gasteiger partial charge on any atom is 0.307 e. The summed E-state index contributed by atoms with van der Waals surface area (Å²) in [7, 11) is 0. The molecule has 0 heterocycles. The van der Waals surface area contributed by atoms with Crippen molar-refractivity contribution in [3.63, 3.8) is 0 Å². The van der Waals surface area contributed by atoms with Gasteiger partial charge >= 0.3 is 5.97 Å². The summed E-state index contributed by atoms with van der Waals surface area (Å²) >= 11 is 0. The Morgan fingerprint density at radius 2 is 1.52 bits per heavy atom. The van der Waals surface area contributed by atoms with E-state index in [2.05, 4.69) is 0 Å². The fourth-order valence-corrected chi connectivity index (χ4v) is 4.52. The van der Waals surface area contributed by atoms with Crippen molar-refractivity contribution in [2.24, 2.45) is 11.3 Å². The minimum atomic E-state index is -0.957. The Morgan fingerprint density at radius 3 is 2.07 bits per heavy atom. The van der Waals surface area contributed by atoms with Crippen LogP contribution in [0.4, 0.5) is 0 Å². The van der Waals surface area contributed by atoms with E-state index in [1.165, 1.54) is 6.92 Å². The number of carbonyl (C=O) groups excluding carboxylic acids is 2. The number of carboxylic acids is 1. The van der Waals surface area contributed by atoms with Gasteiger partial charge in [-0.1, -0.05) is 67.4 Å². The predicted molar refractivity (Wildman–Crippen MR) is 113 cm³/mol. The molecule has 0 radical (unpaired) electrons. The number of aliphatic carboxylic acids is 1. The molecule has 1 N–H and O–H groups in total. The molecule has 4 nitrogen and oxygen atoms in total. The van der Waals surface area contributed by atoms with Gasteiger partial charge in [-0.3, -0.25) is 14.4 Å². The van der Waals surface area contributed by atoms with Gasteiger partial charge in [0.15, 0.2) is 0 Å². The molecular weight excluding hydrogens is 364 g/mol. The minimum absolute atomic E-state index is 0.00336. The maximum absolute atomic E-state index is 13.0. The van der Waals surface area contributed by atoms with E-state index in [1.807, 2.05) is 54.6 Å². The fraction of sp³-hybridized carbons (Fsp3) is 0.400. The zero-order valence-corrected chi connectivity index (χ0v) is 16.9. The molecule has 0 aliphatic heterocycles. The van der Waals surface area contributed by atoms with Gasteiger partial charge in [-0.05, 0) is 42.9 Å². The monoisotopic (exact) mass is 392 g/mol. The quantitative estimate of drug-likeness (QED) is 0.645. The fourth-order valence-electron chi connectivity index (χ4n) is 4.52. The van der Waals surface area contributed by atoms with Crippen molar-refractivity contribution in [2.45, 2.75) is 51.9 Å². The first kappa shape index (κ1) is 21.0. The third-order valence-corrected chi connectivity index (χ3v) is 6.06. The van der Waals surface area contributed by atoms with E-state index in [0.717, 1.165) is 29.5 Å². The van der Waals surface area contributed by atoms with Gasteiger partial charge in [0, 0.05) is 18.3 Å². The van der Waals surface area contributed by atoms with E-state index >= 15 is 0 Å². The van der Waals surface area contributed by atoms with E-state index < -0.39 is 17.3 Å². The van der Waals surface area contributed by atoms with Crippen molar-refractivity contribution in [2.75, 3.05) is 0 Å². The summed E-state index contributed by atoms with van der Waals surface area (Å²) in [5.74, 6) is -1.78. The molecule has 1 saturated carbocycles. The molecule has 0 saturated heterocycles. The molecule has 2 aromatic rings. The van der Waals surface area contributed by atoms with Crippen LogP contribution in [0.5, 0.6) is 0 Å². The number of rotatable bonds is 9. The summed E-state index contributed by atoms with van der Waals surface area (Å²) in [4.78, 5) is 36.6. The molecule has 0 amide bonds. The largest absolute Gasteiger partial charge is 0.481 e. The van der Waals surface area contributed by atoms with Crippen molar-refractivity contribution in [3.05, 3.63) is 60.2 Å². The average molecular weight is 392 g/mol. The molecule has 4 heteroatoms. The number of ketones is 2. The predicted octanol–water partition coefficient (Wildman–Crippen LogP) is 5.10. The lowest BCUT2D eigenvalue weighted by Gasteiger charge is -2.27. The lowest BCUT2D eigenvalue weighted by molar-refractivity contribution is -0.145. The van der Waals surface area contributed by atoms with Crippen LogP contribution < -0.4 is 0 Å². The Balaban J connectivity index is 1.71. The number of Topliss-reactive ketones (excluding diaryl/α,β-unsaturated/α-hetero) is 2. The van der Waals surface area contributed by atoms with E-state index in [4.69, 9.17) is 0 Å². The summed E-state index contributed by atoms with van der Waals surface area (Å²) < 4.78 is 0. The minimum Gasteiger partial charge on any atom is -0.481 e. The Bertz CT molecular complexity index is 861. The molecule has 1 fully saturated rings. The molecule has 152 valence electrons. The topological polar surface area (TPSA) is 71.4 Å². The molecule has 0 unspecified atom stereocenters. The molecule has 0 bridgehead atoms. The van der Waals surface area contributed by atoms with Gasteiger partial charge in [0.25, 0.3) is 0 Å². The number of carboxylic acid groups (broad SMARTS) is 1. The first-order valence-corrected chi connectivity index (χ1v) is 10.3. The number of benzene rings is 2. The zero-order chi connectivity index (χ0) is 20.9. The summed E-state index contributed by atoms with van der Waals surface area (Å²) in [6.07, 6.45) is 3.79. The van der Waals surface area contributed by atoms with Gasteiger partial charge < -0.3 is 5.11 Å². The molecule has 1 aliphatic rings. The van der Waals surface area contributed by atoms with E-state index in [-0.39, 0.29) is 24.4 Å². The molecule has 0 aromatic heterocycles. The molecule has 0 spiro atoms. The lowest BCUT2D eigenvalue weighted by atomic mass is 9.74. The third kappa shape index (κ3) is 5.20. The van der Waals surface area contributed by atoms with Crippen LogP contribution in [0.15, 0.2) is 54.6 Å². The summed E-state index contributed by atoms with van der Waals surface area (Å²) in [5, 5.41) is 9.71. The SMILES string of the molecule is CC(=O)CC1(C(=O)C[C@@H](Cc2ccc(-c3ccccc3)cc2)C(=O)O)CCCC1. The van der Waals surface area contributed by atoms with Crippen LogP contribution >= 0.6 is 0 Å². The van der Waals surface area contributed by atoms with Crippen LogP contribution in [0.2, 0.25) is 0 Å². The van der Waals surface area contributed by atoms with Gasteiger partial charge in [0.05, 0.1) is 5.92 Å². The summed E-state index contributed by atoms with van der Waals surface area (Å²) in [5.41, 5.74) is 2.44. The van der Waals surface area contributed by atoms with Crippen molar-refractivity contribution in [1.29, 1.82) is 0 Å². The Labute approximate surface area is 172 Å². The average Bonchev–Trinajstić information content (AvgIpc) is 3.17. The van der Waals surface area contributed by atoms with Crippen LogP contribution in [-0.2, 0) is 20.8 Å². The van der Waals surface area contributed by atoms with Gasteiger partial charge in [-0.15, -0.1) is 0 Å². The highest BCUT2D eigenvalue weighted by Crippen LogP contribution is 2.43. The van der Waals surface area contributed by atoms with Crippen molar-refractivity contribution in [1.82, 2.24) is 0 Å². The van der Waals surface area contributed by atoms with Gasteiger partial charge in [-0.25, -0.2) is 0 Å². The van der Waals surface area contributed by atoms with Crippen LogP contribution in [0.1, 0.15) is 51.0 Å². The van der Waals surface area contributed by atoms with Crippen LogP contribution in [0, 0.1) is 11.3 Å². The normalized spacial score (nSPS) is 16.3. The second-order valence-electron chi connectivity index (χ2n) is 8.30.